The molecule has 0 radical (unpaired) electrons. The number of nitrogens with zero attached hydrogens (tertiary/aromatic N) is 1. The zero-order valence-corrected chi connectivity index (χ0v) is 10.6. The van der Waals surface area contributed by atoms with Crippen molar-refractivity contribution in [2.45, 2.75) is 6.61 Å². The van der Waals surface area contributed by atoms with Crippen molar-refractivity contribution in [2.75, 3.05) is 0 Å². The Hall–Kier alpha value is -2.14. The van der Waals surface area contributed by atoms with Gasteiger partial charge in [0.2, 0.25) is 0 Å². The molecular formula is C13H11ClFN3O. The lowest BCUT2D eigenvalue weighted by Gasteiger charge is -2.07. The van der Waals surface area contributed by atoms with E-state index in [2.05, 4.69) is 4.98 Å². The number of nitrogen functional groups attached to an aromatic ring is 1. The highest BCUT2D eigenvalue weighted by atomic mass is 35.5. The van der Waals surface area contributed by atoms with E-state index >= 15 is 0 Å². The van der Waals surface area contributed by atoms with Crippen molar-refractivity contribution in [3.8, 4) is 5.75 Å². The summed E-state index contributed by atoms with van der Waals surface area (Å²) in [6, 6.07) is 7.55. The summed E-state index contributed by atoms with van der Waals surface area (Å²) < 4.78 is 18.4. The Balaban J connectivity index is 2.07. The van der Waals surface area contributed by atoms with Gasteiger partial charge in [-0.15, -0.1) is 0 Å². The van der Waals surface area contributed by atoms with Crippen molar-refractivity contribution in [1.82, 2.24) is 4.98 Å². The summed E-state index contributed by atoms with van der Waals surface area (Å²) in [5, 5.41) is 7.31. The number of rotatable bonds is 4. The fraction of sp³-hybridized carbons (Fsp3) is 0.0769. The maximum Gasteiger partial charge on any atom is 0.142 e. The first-order chi connectivity index (χ1) is 9.06. The lowest BCUT2D eigenvalue weighted by atomic mass is 10.2. The Morgan fingerprint density at radius 2 is 2.16 bits per heavy atom. The summed E-state index contributed by atoms with van der Waals surface area (Å²) in [6.07, 6.45) is 1.55. The maximum absolute atomic E-state index is 13.0. The van der Waals surface area contributed by atoms with Crippen LogP contribution in [0.4, 0.5) is 4.39 Å². The number of hydrogen-bond donors (Lipinski definition) is 2. The van der Waals surface area contributed by atoms with Crippen LogP contribution in [0.15, 0.2) is 36.5 Å². The summed E-state index contributed by atoms with van der Waals surface area (Å²) in [4.78, 5) is 3.94. The summed E-state index contributed by atoms with van der Waals surface area (Å²) >= 11 is 5.65. The third-order valence-electron chi connectivity index (χ3n) is 2.40. The summed E-state index contributed by atoms with van der Waals surface area (Å²) in [6.45, 7) is 0.255. The number of nitrogens with one attached hydrogen (secondary N) is 1. The second-order valence-corrected chi connectivity index (χ2v) is 4.23. The fourth-order valence-electron chi connectivity index (χ4n) is 1.44. The highest BCUT2D eigenvalue weighted by molar-refractivity contribution is 6.30. The Bertz CT molecular complexity index is 619. The molecule has 1 aromatic heterocycles. The fourth-order valence-corrected chi connectivity index (χ4v) is 1.62. The first-order valence-corrected chi connectivity index (χ1v) is 5.81. The molecule has 4 nitrogen and oxygen atoms in total. The standard InChI is InChI=1S/C13H11ClFN3O/c14-10-6-9(1-2-11(10)15)19-7-8-3-4-18-12(5-8)13(16)17/h1-6H,7H2,(H3,16,17). The number of ether oxygens (including phenoxy) is 1. The van der Waals surface area contributed by atoms with Crippen LogP contribution in [-0.2, 0) is 6.61 Å². The van der Waals surface area contributed by atoms with E-state index < -0.39 is 5.82 Å². The van der Waals surface area contributed by atoms with Crippen LogP contribution in [0.1, 0.15) is 11.3 Å². The molecule has 0 fully saturated rings. The van der Waals surface area contributed by atoms with Crippen LogP contribution in [-0.4, -0.2) is 10.8 Å². The van der Waals surface area contributed by atoms with Crippen LogP contribution < -0.4 is 10.5 Å². The Morgan fingerprint density at radius 1 is 1.37 bits per heavy atom. The largest absolute Gasteiger partial charge is 0.489 e. The molecule has 1 aromatic carbocycles. The van der Waals surface area contributed by atoms with Crippen LogP contribution in [0.2, 0.25) is 5.02 Å². The van der Waals surface area contributed by atoms with Crippen molar-refractivity contribution >= 4 is 17.4 Å². The molecule has 98 valence electrons. The number of nitrogens with two attached hydrogens (primary N) is 1. The predicted molar refractivity (Wildman–Crippen MR) is 71.0 cm³/mol. The lowest BCUT2D eigenvalue weighted by Crippen LogP contribution is -2.13. The van der Waals surface area contributed by atoms with E-state index in [1.807, 2.05) is 0 Å². The van der Waals surface area contributed by atoms with Crippen molar-refractivity contribution in [3.05, 3.63) is 58.6 Å². The highest BCUT2D eigenvalue weighted by Crippen LogP contribution is 2.21. The smallest absolute Gasteiger partial charge is 0.142 e. The number of benzene rings is 1. The monoisotopic (exact) mass is 279 g/mol. The second-order valence-electron chi connectivity index (χ2n) is 3.83. The van der Waals surface area contributed by atoms with E-state index in [-0.39, 0.29) is 17.5 Å². The number of pyridine rings is 1. The Morgan fingerprint density at radius 3 is 2.84 bits per heavy atom. The molecule has 0 spiro atoms. The van der Waals surface area contributed by atoms with Gasteiger partial charge in [0, 0.05) is 12.3 Å². The molecule has 2 rings (SSSR count). The van der Waals surface area contributed by atoms with Gasteiger partial charge in [0.15, 0.2) is 0 Å². The summed E-state index contributed by atoms with van der Waals surface area (Å²) in [5.41, 5.74) is 6.54. The van der Waals surface area contributed by atoms with Gasteiger partial charge in [0.05, 0.1) is 5.02 Å². The molecule has 0 saturated carbocycles. The molecule has 3 N–H and O–H groups in total. The van der Waals surface area contributed by atoms with Crippen LogP contribution in [0.25, 0.3) is 0 Å². The van der Waals surface area contributed by atoms with Crippen LogP contribution in [0.3, 0.4) is 0 Å². The Kier molecular flexibility index (Phi) is 3.97. The van der Waals surface area contributed by atoms with E-state index in [0.717, 1.165) is 5.56 Å². The molecule has 0 atom stereocenters. The minimum absolute atomic E-state index is 0.0108. The van der Waals surface area contributed by atoms with Gasteiger partial charge in [0.1, 0.15) is 29.7 Å². The van der Waals surface area contributed by atoms with Gasteiger partial charge in [-0.1, -0.05) is 11.6 Å². The molecule has 0 saturated heterocycles. The molecule has 0 aliphatic carbocycles. The number of hydrogen-bond acceptors (Lipinski definition) is 3. The van der Waals surface area contributed by atoms with Crippen molar-refractivity contribution in [2.24, 2.45) is 5.73 Å². The highest BCUT2D eigenvalue weighted by Gasteiger charge is 2.04. The first kappa shape index (κ1) is 13.3. The van der Waals surface area contributed by atoms with Gasteiger partial charge in [-0.2, -0.15) is 0 Å². The van der Waals surface area contributed by atoms with Crippen LogP contribution in [0.5, 0.6) is 5.75 Å². The average Bonchev–Trinajstić information content (AvgIpc) is 2.40. The van der Waals surface area contributed by atoms with Crippen molar-refractivity contribution in [3.63, 3.8) is 0 Å². The lowest BCUT2D eigenvalue weighted by molar-refractivity contribution is 0.305. The molecule has 6 heteroatoms. The van der Waals surface area contributed by atoms with E-state index in [1.54, 1.807) is 18.3 Å². The maximum atomic E-state index is 13.0. The van der Waals surface area contributed by atoms with Gasteiger partial charge in [-0.3, -0.25) is 10.4 Å². The molecule has 19 heavy (non-hydrogen) atoms. The number of halogens is 2. The van der Waals surface area contributed by atoms with E-state index in [9.17, 15) is 4.39 Å². The van der Waals surface area contributed by atoms with Crippen molar-refractivity contribution < 1.29 is 9.13 Å². The SMILES string of the molecule is N=C(N)c1cc(COc2ccc(F)c(Cl)c2)ccn1. The molecule has 0 aliphatic heterocycles. The predicted octanol–water partition coefficient (Wildman–Crippen LogP) is 2.74. The van der Waals surface area contributed by atoms with E-state index in [0.29, 0.717) is 11.4 Å². The molecule has 1 heterocycles. The van der Waals surface area contributed by atoms with Crippen LogP contribution in [0, 0.1) is 11.2 Å². The van der Waals surface area contributed by atoms with Gasteiger partial charge in [-0.25, -0.2) is 4.39 Å². The van der Waals surface area contributed by atoms with Gasteiger partial charge >= 0.3 is 0 Å². The average molecular weight is 280 g/mol. The Labute approximate surface area is 114 Å². The van der Waals surface area contributed by atoms with Crippen LogP contribution >= 0.6 is 11.6 Å². The van der Waals surface area contributed by atoms with Gasteiger partial charge in [0.25, 0.3) is 0 Å². The normalized spacial score (nSPS) is 10.2. The topological polar surface area (TPSA) is 72.0 Å². The molecule has 0 aliphatic rings. The van der Waals surface area contributed by atoms with Gasteiger partial charge < -0.3 is 10.5 Å². The van der Waals surface area contributed by atoms with Crippen molar-refractivity contribution in [1.29, 1.82) is 5.41 Å². The third kappa shape index (κ3) is 3.42. The molecular weight excluding hydrogens is 269 g/mol. The number of amidine groups is 1. The zero-order chi connectivity index (χ0) is 13.8. The van der Waals surface area contributed by atoms with E-state index in [4.69, 9.17) is 27.5 Å². The third-order valence-corrected chi connectivity index (χ3v) is 2.69. The molecule has 0 unspecified atom stereocenters. The van der Waals surface area contributed by atoms with Gasteiger partial charge in [-0.05, 0) is 29.8 Å². The zero-order valence-electron chi connectivity index (χ0n) is 9.86. The molecule has 0 bridgehead atoms. The minimum Gasteiger partial charge on any atom is -0.489 e. The summed E-state index contributed by atoms with van der Waals surface area (Å²) in [7, 11) is 0. The first-order valence-electron chi connectivity index (χ1n) is 5.43. The molecule has 2 aromatic rings. The molecule has 0 amide bonds. The second kappa shape index (κ2) is 5.67. The number of aromatic nitrogens is 1. The van der Waals surface area contributed by atoms with E-state index in [1.165, 1.54) is 18.2 Å². The quantitative estimate of drug-likeness (QED) is 0.668. The summed E-state index contributed by atoms with van der Waals surface area (Å²) in [5.74, 6) is -0.129. The minimum atomic E-state index is -0.489.